The molecule has 2 amide bonds. The Bertz CT molecular complexity index is 876. The zero-order chi connectivity index (χ0) is 16.9. The smallest absolute Gasteiger partial charge is 0.255 e. The Labute approximate surface area is 137 Å². The average molecular weight is 322 g/mol. The van der Waals surface area contributed by atoms with Crippen molar-refractivity contribution in [3.63, 3.8) is 0 Å². The van der Waals surface area contributed by atoms with Crippen LogP contribution in [0.3, 0.4) is 0 Å². The first kappa shape index (κ1) is 15.3. The van der Waals surface area contributed by atoms with Gasteiger partial charge in [0.25, 0.3) is 11.8 Å². The summed E-state index contributed by atoms with van der Waals surface area (Å²) in [7, 11) is 1.54. The Kier molecular flexibility index (Phi) is 4.28. The van der Waals surface area contributed by atoms with Gasteiger partial charge >= 0.3 is 0 Å². The summed E-state index contributed by atoms with van der Waals surface area (Å²) < 4.78 is 1.45. The number of carbonyl (C=O) groups is 2. The van der Waals surface area contributed by atoms with E-state index in [2.05, 4.69) is 26.2 Å². The minimum Gasteiger partial charge on any atom is -0.355 e. The third-order valence-corrected chi connectivity index (χ3v) is 3.37. The van der Waals surface area contributed by atoms with Crippen molar-refractivity contribution < 1.29 is 9.59 Å². The van der Waals surface area contributed by atoms with Gasteiger partial charge < -0.3 is 10.6 Å². The molecule has 1 heterocycles. The minimum absolute atomic E-state index is 0.270. The quantitative estimate of drug-likeness (QED) is 0.753. The molecule has 0 aliphatic carbocycles. The third-order valence-electron chi connectivity index (χ3n) is 3.37. The molecule has 0 bridgehead atoms. The fraction of sp³-hybridized carbons (Fsp3) is 0.0625. The summed E-state index contributed by atoms with van der Waals surface area (Å²) in [5.74, 6) is -0.602. The van der Waals surface area contributed by atoms with E-state index >= 15 is 0 Å². The third kappa shape index (κ3) is 3.12. The first-order valence-electron chi connectivity index (χ1n) is 7.15. The molecule has 0 fully saturated rings. The van der Waals surface area contributed by atoms with Gasteiger partial charge in [0.2, 0.25) is 0 Å². The highest BCUT2D eigenvalue weighted by Gasteiger charge is 2.13. The molecule has 2 aromatic carbocycles. The second-order valence-corrected chi connectivity index (χ2v) is 4.88. The number of nitrogens with one attached hydrogen (secondary N) is 2. The van der Waals surface area contributed by atoms with Crippen molar-refractivity contribution in [2.45, 2.75) is 0 Å². The fourth-order valence-electron chi connectivity index (χ4n) is 2.19. The van der Waals surface area contributed by atoms with Gasteiger partial charge in [-0.25, -0.2) is 4.68 Å². The van der Waals surface area contributed by atoms with E-state index in [1.54, 1.807) is 48.5 Å². The number of anilines is 1. The van der Waals surface area contributed by atoms with Crippen LogP contribution in [0.25, 0.3) is 5.69 Å². The summed E-state index contributed by atoms with van der Waals surface area (Å²) in [4.78, 5) is 24.4. The molecule has 0 aliphatic heterocycles. The van der Waals surface area contributed by atoms with Crippen LogP contribution in [0.1, 0.15) is 20.7 Å². The van der Waals surface area contributed by atoms with Gasteiger partial charge in [-0.05, 0) is 40.8 Å². The highest BCUT2D eigenvalue weighted by atomic mass is 16.2. The molecule has 3 aromatic rings. The maximum atomic E-state index is 12.5. The molecule has 1 aromatic heterocycles. The van der Waals surface area contributed by atoms with E-state index in [1.165, 1.54) is 18.1 Å². The molecular weight excluding hydrogens is 308 g/mol. The van der Waals surface area contributed by atoms with Crippen molar-refractivity contribution in [3.05, 3.63) is 66.0 Å². The largest absolute Gasteiger partial charge is 0.355 e. The number of rotatable bonds is 4. The lowest BCUT2D eigenvalue weighted by Gasteiger charge is -2.10. The maximum absolute atomic E-state index is 12.5. The lowest BCUT2D eigenvalue weighted by atomic mass is 10.1. The van der Waals surface area contributed by atoms with Crippen LogP contribution in [-0.2, 0) is 0 Å². The Hall–Kier alpha value is -3.55. The van der Waals surface area contributed by atoms with Gasteiger partial charge in [-0.1, -0.05) is 18.2 Å². The monoisotopic (exact) mass is 322 g/mol. The van der Waals surface area contributed by atoms with E-state index in [0.29, 0.717) is 22.5 Å². The Morgan fingerprint density at radius 1 is 1.04 bits per heavy atom. The van der Waals surface area contributed by atoms with E-state index in [-0.39, 0.29) is 11.8 Å². The second-order valence-electron chi connectivity index (χ2n) is 4.88. The second kappa shape index (κ2) is 6.69. The van der Waals surface area contributed by atoms with Crippen LogP contribution in [-0.4, -0.2) is 39.1 Å². The van der Waals surface area contributed by atoms with E-state index in [1.807, 2.05) is 0 Å². The van der Waals surface area contributed by atoms with Gasteiger partial charge in [0, 0.05) is 12.6 Å². The topological polar surface area (TPSA) is 102 Å². The summed E-state index contributed by atoms with van der Waals surface area (Å²) >= 11 is 0. The number of amides is 2. The number of aromatic nitrogens is 4. The maximum Gasteiger partial charge on any atom is 0.255 e. The molecule has 0 aliphatic rings. The van der Waals surface area contributed by atoms with Crippen LogP contribution < -0.4 is 10.6 Å². The summed E-state index contributed by atoms with van der Waals surface area (Å²) in [5.41, 5.74) is 1.92. The molecule has 0 atom stereocenters. The Balaban J connectivity index is 1.86. The van der Waals surface area contributed by atoms with Gasteiger partial charge in [0.1, 0.15) is 6.33 Å². The van der Waals surface area contributed by atoms with Crippen LogP contribution >= 0.6 is 0 Å². The molecule has 120 valence electrons. The van der Waals surface area contributed by atoms with Crippen molar-refractivity contribution in [3.8, 4) is 5.69 Å². The van der Waals surface area contributed by atoms with Crippen LogP contribution in [0.15, 0.2) is 54.9 Å². The molecule has 0 saturated heterocycles. The predicted octanol–water partition coefficient (Wildman–Crippen LogP) is 1.27. The van der Waals surface area contributed by atoms with Crippen LogP contribution in [0, 0.1) is 0 Å². The van der Waals surface area contributed by atoms with Crippen molar-refractivity contribution >= 4 is 17.5 Å². The lowest BCUT2D eigenvalue weighted by molar-refractivity contribution is 0.0964. The van der Waals surface area contributed by atoms with Gasteiger partial charge in [-0.2, -0.15) is 0 Å². The number of hydrogen-bond acceptors (Lipinski definition) is 5. The van der Waals surface area contributed by atoms with Crippen molar-refractivity contribution in [2.24, 2.45) is 0 Å². The van der Waals surface area contributed by atoms with Crippen molar-refractivity contribution in [1.82, 2.24) is 25.5 Å². The molecule has 0 saturated carbocycles. The average Bonchev–Trinajstić information content (AvgIpc) is 3.16. The molecular formula is C16H14N6O2. The molecule has 0 unspecified atom stereocenters. The number of tetrazole rings is 1. The summed E-state index contributed by atoms with van der Waals surface area (Å²) in [6.07, 6.45) is 1.44. The fourth-order valence-corrected chi connectivity index (χ4v) is 2.19. The van der Waals surface area contributed by atoms with Crippen molar-refractivity contribution in [1.29, 1.82) is 0 Å². The molecule has 8 nitrogen and oxygen atoms in total. The molecule has 0 radical (unpaired) electrons. The normalized spacial score (nSPS) is 10.2. The van der Waals surface area contributed by atoms with Crippen LogP contribution in [0.4, 0.5) is 5.69 Å². The van der Waals surface area contributed by atoms with Crippen LogP contribution in [0.5, 0.6) is 0 Å². The first-order valence-corrected chi connectivity index (χ1v) is 7.15. The zero-order valence-corrected chi connectivity index (χ0v) is 12.8. The first-order chi connectivity index (χ1) is 11.7. The van der Waals surface area contributed by atoms with E-state index in [4.69, 9.17) is 0 Å². The van der Waals surface area contributed by atoms with Gasteiger partial charge in [0.15, 0.2) is 0 Å². The van der Waals surface area contributed by atoms with Crippen molar-refractivity contribution in [2.75, 3.05) is 12.4 Å². The number of nitrogens with zero attached hydrogens (tertiary/aromatic N) is 4. The molecule has 3 rings (SSSR count). The highest BCUT2D eigenvalue weighted by Crippen LogP contribution is 2.17. The number of benzene rings is 2. The Morgan fingerprint density at radius 3 is 2.62 bits per heavy atom. The number of para-hydroxylation sites is 1. The van der Waals surface area contributed by atoms with E-state index in [9.17, 15) is 9.59 Å². The zero-order valence-electron chi connectivity index (χ0n) is 12.8. The summed E-state index contributed by atoms with van der Waals surface area (Å²) in [5, 5.41) is 16.2. The van der Waals surface area contributed by atoms with Gasteiger partial charge in [-0.15, -0.1) is 5.10 Å². The standard InChI is InChI=1S/C16H14N6O2/c1-17-16(24)13-7-2-3-8-14(13)19-15(23)11-5-4-6-12(9-11)22-10-18-20-21-22/h2-10H,1H3,(H,17,24)(H,19,23). The number of hydrogen-bond donors (Lipinski definition) is 2. The van der Waals surface area contributed by atoms with E-state index < -0.39 is 0 Å². The Morgan fingerprint density at radius 2 is 1.88 bits per heavy atom. The highest BCUT2D eigenvalue weighted by molar-refractivity contribution is 6.09. The lowest BCUT2D eigenvalue weighted by Crippen LogP contribution is -2.21. The number of carbonyl (C=O) groups excluding carboxylic acids is 2. The summed E-state index contributed by atoms with van der Waals surface area (Å²) in [6, 6.07) is 13.7. The van der Waals surface area contributed by atoms with Gasteiger partial charge in [-0.3, -0.25) is 9.59 Å². The molecule has 0 spiro atoms. The SMILES string of the molecule is CNC(=O)c1ccccc1NC(=O)c1cccc(-n2cnnn2)c1. The van der Waals surface area contributed by atoms with Crippen LogP contribution in [0.2, 0.25) is 0 Å². The van der Waals surface area contributed by atoms with E-state index in [0.717, 1.165) is 0 Å². The molecule has 24 heavy (non-hydrogen) atoms. The van der Waals surface area contributed by atoms with Gasteiger partial charge in [0.05, 0.1) is 16.9 Å². The minimum atomic E-state index is -0.332. The predicted molar refractivity (Wildman–Crippen MR) is 86.9 cm³/mol. The molecule has 2 N–H and O–H groups in total. The molecule has 8 heteroatoms. The summed E-state index contributed by atoms with van der Waals surface area (Å²) in [6.45, 7) is 0.